The van der Waals surface area contributed by atoms with E-state index in [0.717, 1.165) is 23.2 Å². The Hall–Kier alpha value is -3.04. The van der Waals surface area contributed by atoms with Crippen molar-refractivity contribution in [2.24, 2.45) is 0 Å². The predicted molar refractivity (Wildman–Crippen MR) is 79.5 cm³/mol. The number of carbonyl (C=O) groups is 1. The van der Waals surface area contributed by atoms with E-state index in [1.807, 2.05) is 0 Å². The Morgan fingerprint density at radius 3 is 2.67 bits per heavy atom. The molecule has 10 heteroatoms. The highest BCUT2D eigenvalue weighted by molar-refractivity contribution is 6.01. The van der Waals surface area contributed by atoms with Crippen LogP contribution in [0.5, 0.6) is 0 Å². The molecular formula is C14H13F3N6O. The molecule has 0 aliphatic heterocycles. The fraction of sp³-hybridized carbons (Fsp3) is 0.214. The summed E-state index contributed by atoms with van der Waals surface area (Å²) < 4.78 is 38.6. The van der Waals surface area contributed by atoms with Crippen LogP contribution >= 0.6 is 0 Å². The summed E-state index contributed by atoms with van der Waals surface area (Å²) in [6.45, 7) is 0. The number of pyridine rings is 1. The van der Waals surface area contributed by atoms with Gasteiger partial charge in [-0.1, -0.05) is 0 Å². The van der Waals surface area contributed by atoms with Crippen LogP contribution in [-0.2, 0) is 6.18 Å². The van der Waals surface area contributed by atoms with Gasteiger partial charge in [0.05, 0.1) is 11.5 Å². The summed E-state index contributed by atoms with van der Waals surface area (Å²) in [6.07, 6.45) is -0.0977. The molecule has 1 atom stereocenters. The molecule has 0 radical (unpaired) electrons. The highest BCUT2D eigenvalue weighted by Crippen LogP contribution is 2.27. The molecule has 1 unspecified atom stereocenters. The number of hydrogen-bond acceptors (Lipinski definition) is 5. The number of alkyl halides is 3. The minimum atomic E-state index is -4.62. The molecule has 0 aliphatic rings. The highest BCUT2D eigenvalue weighted by atomic mass is 19.4. The molecule has 0 saturated heterocycles. The second-order valence-corrected chi connectivity index (χ2v) is 4.76. The van der Waals surface area contributed by atoms with E-state index < -0.39 is 23.7 Å². The van der Waals surface area contributed by atoms with E-state index in [0.29, 0.717) is 5.56 Å². The Morgan fingerprint density at radius 2 is 2.12 bits per heavy atom. The summed E-state index contributed by atoms with van der Waals surface area (Å²) in [7, 11) is 1.44. The molecule has 0 aliphatic carbocycles. The summed E-state index contributed by atoms with van der Waals surface area (Å²) in [4.78, 5) is 15.5. The highest BCUT2D eigenvalue weighted by Gasteiger charge is 2.34. The number of nitrogens with zero attached hydrogens (tertiary/aromatic N) is 3. The van der Waals surface area contributed by atoms with Crippen molar-refractivity contribution in [2.75, 3.05) is 7.05 Å². The second-order valence-electron chi connectivity index (χ2n) is 4.76. The van der Waals surface area contributed by atoms with Gasteiger partial charge in [0.15, 0.2) is 5.69 Å². The van der Waals surface area contributed by atoms with Gasteiger partial charge in [-0.15, -0.1) is 0 Å². The lowest BCUT2D eigenvalue weighted by atomic mass is 9.99. The quantitative estimate of drug-likeness (QED) is 0.585. The van der Waals surface area contributed by atoms with Crippen LogP contribution in [0.25, 0.3) is 0 Å². The van der Waals surface area contributed by atoms with Crippen molar-refractivity contribution in [1.82, 2.24) is 20.1 Å². The number of aromatic nitrogens is 3. The maximum Gasteiger partial charge on any atom is 0.435 e. The van der Waals surface area contributed by atoms with E-state index in [1.54, 1.807) is 0 Å². The van der Waals surface area contributed by atoms with Crippen molar-refractivity contribution in [3.8, 4) is 0 Å². The Morgan fingerprint density at radius 1 is 1.42 bits per heavy atom. The first kappa shape index (κ1) is 17.3. The van der Waals surface area contributed by atoms with Crippen molar-refractivity contribution in [3.63, 3.8) is 0 Å². The first-order valence-electron chi connectivity index (χ1n) is 6.67. The van der Waals surface area contributed by atoms with Gasteiger partial charge in [-0.05, 0) is 17.7 Å². The van der Waals surface area contributed by atoms with E-state index in [9.17, 15) is 18.0 Å². The molecule has 2 aromatic rings. The lowest BCUT2D eigenvalue weighted by Gasteiger charge is -2.14. The van der Waals surface area contributed by atoms with Crippen LogP contribution in [0.3, 0.4) is 0 Å². The number of halogens is 3. The van der Waals surface area contributed by atoms with Gasteiger partial charge >= 0.3 is 6.18 Å². The van der Waals surface area contributed by atoms with Gasteiger partial charge in [0.2, 0.25) is 0 Å². The van der Waals surface area contributed by atoms with Crippen molar-refractivity contribution >= 4 is 18.0 Å². The zero-order valence-corrected chi connectivity index (χ0v) is 12.4. The monoisotopic (exact) mass is 338 g/mol. The minimum Gasteiger partial charge on any atom is -0.355 e. The molecule has 7 nitrogen and oxygen atoms in total. The van der Waals surface area contributed by atoms with E-state index in [2.05, 4.69) is 15.4 Å². The van der Waals surface area contributed by atoms with Crippen molar-refractivity contribution < 1.29 is 18.0 Å². The largest absolute Gasteiger partial charge is 0.435 e. The topological polar surface area (TPSA) is 108 Å². The Balaban J connectivity index is 2.34. The molecular weight excluding hydrogens is 325 g/mol. The van der Waals surface area contributed by atoms with Crippen LogP contribution in [0.2, 0.25) is 0 Å². The maximum absolute atomic E-state index is 12.6. The molecule has 3 N–H and O–H groups in total. The van der Waals surface area contributed by atoms with Crippen LogP contribution in [0.4, 0.5) is 13.2 Å². The zero-order chi connectivity index (χ0) is 17.9. The third-order valence-electron chi connectivity index (χ3n) is 3.20. The molecule has 2 heterocycles. The molecule has 0 saturated carbocycles. The smallest absolute Gasteiger partial charge is 0.355 e. The number of carbonyl (C=O) groups excluding carboxylic acids is 1. The van der Waals surface area contributed by atoms with Gasteiger partial charge in [-0.2, -0.15) is 18.3 Å². The molecule has 2 aromatic heterocycles. The van der Waals surface area contributed by atoms with Gasteiger partial charge in [-0.25, -0.2) is 4.68 Å². The summed E-state index contributed by atoms with van der Waals surface area (Å²) in [6, 6.07) is 2.17. The Bertz CT molecular complexity index is 783. The minimum absolute atomic E-state index is 0.214. The average molecular weight is 338 g/mol. The zero-order valence-electron chi connectivity index (χ0n) is 12.4. The molecule has 1 amide bonds. The van der Waals surface area contributed by atoms with Crippen molar-refractivity contribution in [3.05, 3.63) is 47.5 Å². The third-order valence-corrected chi connectivity index (χ3v) is 3.20. The molecule has 24 heavy (non-hydrogen) atoms. The Kier molecular flexibility index (Phi) is 4.77. The van der Waals surface area contributed by atoms with E-state index in [4.69, 9.17) is 10.8 Å². The number of nitrogens with one attached hydrogen (secondary N) is 3. The fourth-order valence-corrected chi connectivity index (χ4v) is 1.98. The van der Waals surface area contributed by atoms with Gasteiger partial charge < -0.3 is 10.7 Å². The summed E-state index contributed by atoms with van der Waals surface area (Å²) in [5, 5.41) is 21.2. The lowest BCUT2D eigenvalue weighted by molar-refractivity contribution is -0.141. The average Bonchev–Trinajstić information content (AvgIpc) is 3.05. The third kappa shape index (κ3) is 3.47. The molecule has 126 valence electrons. The van der Waals surface area contributed by atoms with E-state index in [-0.39, 0.29) is 11.4 Å². The predicted octanol–water partition coefficient (Wildman–Crippen LogP) is 1.92. The molecule has 0 bridgehead atoms. The normalized spacial score (nSPS) is 12.5. The van der Waals surface area contributed by atoms with Crippen LogP contribution in [-0.4, -0.2) is 39.8 Å². The fourth-order valence-electron chi connectivity index (χ4n) is 1.98. The van der Waals surface area contributed by atoms with Crippen LogP contribution in [0, 0.1) is 10.8 Å². The summed E-state index contributed by atoms with van der Waals surface area (Å²) >= 11 is 0. The van der Waals surface area contributed by atoms with E-state index in [1.165, 1.54) is 25.5 Å². The molecule has 0 spiro atoms. The second kappa shape index (κ2) is 6.60. The Labute approximate surface area is 134 Å². The van der Waals surface area contributed by atoms with Gasteiger partial charge in [-0.3, -0.25) is 15.2 Å². The van der Waals surface area contributed by atoms with Gasteiger partial charge in [0.25, 0.3) is 5.91 Å². The molecule has 0 fully saturated rings. The van der Waals surface area contributed by atoms with Crippen LogP contribution in [0.1, 0.15) is 27.5 Å². The summed E-state index contributed by atoms with van der Waals surface area (Å²) in [5.74, 6) is -1.77. The first-order valence-corrected chi connectivity index (χ1v) is 6.67. The van der Waals surface area contributed by atoms with Crippen molar-refractivity contribution in [2.45, 2.75) is 12.1 Å². The number of hydrogen-bond donors (Lipinski definition) is 3. The lowest BCUT2D eigenvalue weighted by Crippen LogP contribution is -2.24. The molecule has 0 aromatic carbocycles. The van der Waals surface area contributed by atoms with Gasteiger partial charge in [0, 0.05) is 31.9 Å². The summed E-state index contributed by atoms with van der Waals surface area (Å²) in [5.41, 5.74) is -0.598. The SMILES string of the molecule is CNC(=O)c1cncc(C(C=N)C(=N)n2ccc(C(F)(F)F)n2)c1. The van der Waals surface area contributed by atoms with Crippen molar-refractivity contribution in [1.29, 1.82) is 10.8 Å². The van der Waals surface area contributed by atoms with Crippen LogP contribution in [0.15, 0.2) is 30.7 Å². The van der Waals surface area contributed by atoms with Crippen LogP contribution < -0.4 is 5.32 Å². The van der Waals surface area contributed by atoms with Gasteiger partial charge in [0.1, 0.15) is 5.84 Å². The standard InChI is InChI=1S/C14H13F3N6O/c1-20-13(24)9-4-8(6-21-7-9)10(5-18)12(19)23-3-2-11(22-23)14(15,16)17/h2-7,10,18-19H,1H3,(H,20,24). The first-order chi connectivity index (χ1) is 11.3. The number of amides is 1. The maximum atomic E-state index is 12.6. The molecule has 2 rings (SSSR count). The van der Waals surface area contributed by atoms with E-state index >= 15 is 0 Å². The number of rotatable bonds is 4.